The number of thiazole rings is 1. The van der Waals surface area contributed by atoms with Crippen molar-refractivity contribution in [1.82, 2.24) is 10.3 Å². The van der Waals surface area contributed by atoms with Crippen molar-refractivity contribution in [2.24, 2.45) is 4.99 Å². The van der Waals surface area contributed by atoms with Gasteiger partial charge in [0.1, 0.15) is 0 Å². The van der Waals surface area contributed by atoms with Crippen LogP contribution in [-0.4, -0.2) is 34.7 Å². The van der Waals surface area contributed by atoms with Gasteiger partial charge in [-0.3, -0.25) is 9.79 Å². The molecule has 2 saturated heterocycles. The van der Waals surface area contributed by atoms with Crippen LogP contribution in [0.4, 0.5) is 0 Å². The third kappa shape index (κ3) is 2.62. The zero-order valence-electron chi connectivity index (χ0n) is 9.90. The van der Waals surface area contributed by atoms with Gasteiger partial charge in [-0.2, -0.15) is 0 Å². The van der Waals surface area contributed by atoms with Crippen molar-refractivity contribution in [2.45, 2.75) is 24.9 Å². The standard InChI is InChI=1S/C11H15N3O2S2/c15-10-13-8(6-17-10)5-12-9-14-11(7-18-9)1-3-16-4-2-11/h6H,1-5,7H2,(H,12,14)(H,13,15). The normalized spacial score (nSPS) is 24.6. The number of rotatable bonds is 2. The predicted molar refractivity (Wildman–Crippen MR) is 74.5 cm³/mol. The van der Waals surface area contributed by atoms with Crippen molar-refractivity contribution in [3.8, 4) is 0 Å². The third-order valence-electron chi connectivity index (χ3n) is 3.27. The molecule has 0 atom stereocenters. The summed E-state index contributed by atoms with van der Waals surface area (Å²) in [5.41, 5.74) is 1.07. The molecule has 0 aliphatic carbocycles. The molecule has 3 rings (SSSR count). The fourth-order valence-corrected chi connectivity index (χ4v) is 3.96. The highest BCUT2D eigenvalue weighted by molar-refractivity contribution is 8.14. The van der Waals surface area contributed by atoms with Crippen LogP contribution in [0.3, 0.4) is 0 Å². The lowest BCUT2D eigenvalue weighted by Crippen LogP contribution is -2.48. The van der Waals surface area contributed by atoms with Crippen LogP contribution in [0.5, 0.6) is 0 Å². The van der Waals surface area contributed by atoms with E-state index in [-0.39, 0.29) is 10.4 Å². The molecule has 0 amide bonds. The summed E-state index contributed by atoms with van der Waals surface area (Å²) in [5, 5.41) is 6.35. The molecule has 0 unspecified atom stereocenters. The Hall–Kier alpha value is -0.790. The molecule has 2 fully saturated rings. The first-order valence-corrected chi connectivity index (χ1v) is 7.82. The van der Waals surface area contributed by atoms with Crippen LogP contribution >= 0.6 is 23.1 Å². The number of aromatic nitrogens is 1. The van der Waals surface area contributed by atoms with Crippen LogP contribution < -0.4 is 10.2 Å². The topological polar surface area (TPSA) is 66.5 Å². The fraction of sp³-hybridized carbons (Fsp3) is 0.636. The molecule has 0 aromatic carbocycles. The summed E-state index contributed by atoms with van der Waals surface area (Å²) in [7, 11) is 0. The second-order valence-electron chi connectivity index (χ2n) is 4.60. The van der Waals surface area contributed by atoms with E-state index in [4.69, 9.17) is 4.74 Å². The van der Waals surface area contributed by atoms with E-state index >= 15 is 0 Å². The van der Waals surface area contributed by atoms with Crippen LogP contribution in [0.25, 0.3) is 0 Å². The van der Waals surface area contributed by atoms with Crippen molar-refractivity contribution in [2.75, 3.05) is 19.0 Å². The Bertz CT molecular complexity index is 502. The van der Waals surface area contributed by atoms with Crippen LogP contribution in [0.2, 0.25) is 0 Å². The van der Waals surface area contributed by atoms with Gasteiger partial charge in [0.2, 0.25) is 0 Å². The Morgan fingerprint density at radius 3 is 3.00 bits per heavy atom. The van der Waals surface area contributed by atoms with Crippen LogP contribution in [0.1, 0.15) is 18.5 Å². The van der Waals surface area contributed by atoms with E-state index < -0.39 is 0 Å². The highest BCUT2D eigenvalue weighted by Crippen LogP contribution is 2.31. The summed E-state index contributed by atoms with van der Waals surface area (Å²) in [6, 6.07) is 0. The van der Waals surface area contributed by atoms with Gasteiger partial charge in [0.05, 0.1) is 17.8 Å². The Morgan fingerprint density at radius 1 is 1.44 bits per heavy atom. The number of aliphatic imine (C=N–C) groups is 1. The number of ether oxygens (including phenoxy) is 1. The van der Waals surface area contributed by atoms with E-state index in [0.29, 0.717) is 6.54 Å². The minimum atomic E-state index is -0.0156. The molecule has 98 valence electrons. The number of H-pyrrole nitrogens is 1. The molecule has 1 aromatic heterocycles. The Morgan fingerprint density at radius 2 is 2.28 bits per heavy atom. The number of hydrogen-bond acceptors (Lipinski definition) is 5. The molecule has 3 heterocycles. The molecule has 2 aliphatic rings. The summed E-state index contributed by atoms with van der Waals surface area (Å²) in [6.07, 6.45) is 2.10. The van der Waals surface area contributed by atoms with Gasteiger partial charge in [-0.25, -0.2) is 0 Å². The number of amidine groups is 1. The predicted octanol–water partition coefficient (Wildman–Crippen LogP) is 1.18. The lowest BCUT2D eigenvalue weighted by atomic mass is 9.93. The number of nitrogens with zero attached hydrogens (tertiary/aromatic N) is 1. The quantitative estimate of drug-likeness (QED) is 0.856. The number of nitrogens with one attached hydrogen (secondary N) is 2. The minimum Gasteiger partial charge on any atom is -0.381 e. The van der Waals surface area contributed by atoms with E-state index in [1.165, 1.54) is 11.3 Å². The summed E-state index contributed by atoms with van der Waals surface area (Å²) in [5.74, 6) is 1.06. The van der Waals surface area contributed by atoms with Gasteiger partial charge in [0.15, 0.2) is 5.17 Å². The SMILES string of the molecule is O=c1[nH]c(CN=C2NC3(CCOCC3)CS2)cs1. The Labute approximate surface area is 113 Å². The molecule has 0 bridgehead atoms. The maximum atomic E-state index is 11.0. The van der Waals surface area contributed by atoms with E-state index in [2.05, 4.69) is 15.3 Å². The maximum absolute atomic E-state index is 11.0. The van der Waals surface area contributed by atoms with E-state index in [1.807, 2.05) is 5.38 Å². The van der Waals surface area contributed by atoms with Crippen molar-refractivity contribution >= 4 is 28.3 Å². The van der Waals surface area contributed by atoms with Gasteiger partial charge in [0.25, 0.3) is 0 Å². The molecule has 0 saturated carbocycles. The highest BCUT2D eigenvalue weighted by atomic mass is 32.2. The van der Waals surface area contributed by atoms with Crippen molar-refractivity contribution < 1.29 is 4.74 Å². The largest absolute Gasteiger partial charge is 0.381 e. The minimum absolute atomic E-state index is 0.0156. The second-order valence-corrected chi connectivity index (χ2v) is 6.41. The van der Waals surface area contributed by atoms with Crippen LogP contribution in [0.15, 0.2) is 15.2 Å². The average molecular weight is 285 g/mol. The van der Waals surface area contributed by atoms with Crippen molar-refractivity contribution in [3.05, 3.63) is 20.7 Å². The second kappa shape index (κ2) is 5.07. The van der Waals surface area contributed by atoms with Crippen molar-refractivity contribution in [1.29, 1.82) is 0 Å². The maximum Gasteiger partial charge on any atom is 0.304 e. The molecule has 2 N–H and O–H groups in total. The first-order chi connectivity index (χ1) is 8.76. The third-order valence-corrected chi connectivity index (χ3v) is 5.19. The lowest BCUT2D eigenvalue weighted by molar-refractivity contribution is 0.0555. The summed E-state index contributed by atoms with van der Waals surface area (Å²) in [4.78, 5) is 18.3. The van der Waals surface area contributed by atoms with Crippen LogP contribution in [0, 0.1) is 0 Å². The van der Waals surface area contributed by atoms with Gasteiger partial charge in [-0.1, -0.05) is 23.1 Å². The molecule has 1 aromatic rings. The lowest BCUT2D eigenvalue weighted by Gasteiger charge is -2.32. The van der Waals surface area contributed by atoms with Gasteiger partial charge in [-0.05, 0) is 12.8 Å². The van der Waals surface area contributed by atoms with E-state index in [9.17, 15) is 4.79 Å². The molecule has 0 radical (unpaired) electrons. The summed E-state index contributed by atoms with van der Waals surface area (Å²) >= 11 is 2.95. The van der Waals surface area contributed by atoms with Crippen molar-refractivity contribution in [3.63, 3.8) is 0 Å². The molecule has 5 nitrogen and oxygen atoms in total. The molecule has 7 heteroatoms. The number of hydrogen-bond donors (Lipinski definition) is 2. The Balaban J connectivity index is 1.62. The number of aromatic amines is 1. The smallest absolute Gasteiger partial charge is 0.304 e. The first kappa shape index (κ1) is 12.3. The monoisotopic (exact) mass is 285 g/mol. The molecular weight excluding hydrogens is 270 g/mol. The highest BCUT2D eigenvalue weighted by Gasteiger charge is 2.38. The summed E-state index contributed by atoms with van der Waals surface area (Å²) in [6.45, 7) is 2.21. The number of thioether (sulfide) groups is 1. The van der Waals surface area contributed by atoms with Gasteiger partial charge >= 0.3 is 4.87 Å². The van der Waals surface area contributed by atoms with E-state index in [0.717, 1.165) is 42.7 Å². The first-order valence-electron chi connectivity index (χ1n) is 5.96. The van der Waals surface area contributed by atoms with Gasteiger partial charge < -0.3 is 15.0 Å². The zero-order valence-corrected chi connectivity index (χ0v) is 11.5. The molecule has 1 spiro atoms. The van der Waals surface area contributed by atoms with Crippen LogP contribution in [-0.2, 0) is 11.3 Å². The van der Waals surface area contributed by atoms with Gasteiger partial charge in [0, 0.05) is 24.3 Å². The Kier molecular flexibility index (Phi) is 3.45. The average Bonchev–Trinajstić information content (AvgIpc) is 2.96. The van der Waals surface area contributed by atoms with E-state index in [1.54, 1.807) is 11.8 Å². The van der Waals surface area contributed by atoms with Gasteiger partial charge in [-0.15, -0.1) is 0 Å². The molecule has 2 aliphatic heterocycles. The molecular formula is C11H15N3O2S2. The fourth-order valence-electron chi connectivity index (χ4n) is 2.17. The zero-order chi connectivity index (χ0) is 12.4. The molecule has 18 heavy (non-hydrogen) atoms. The summed E-state index contributed by atoms with van der Waals surface area (Å²) < 4.78 is 5.40.